The number of carbonyl (C=O) groups excluding carboxylic acids is 3. The number of anilines is 1. The predicted octanol–water partition coefficient (Wildman–Crippen LogP) is 1.17. The highest BCUT2D eigenvalue weighted by molar-refractivity contribution is 7.18. The molecule has 0 saturated heterocycles. The first-order chi connectivity index (χ1) is 11.0. The molecular weight excluding hydrogens is 316 g/mol. The minimum absolute atomic E-state index is 0.0888. The average molecular weight is 330 g/mol. The lowest BCUT2D eigenvalue weighted by Crippen LogP contribution is -2.27. The van der Waals surface area contributed by atoms with E-state index in [0.29, 0.717) is 21.0 Å². The number of aromatic amines is 1. The van der Waals surface area contributed by atoms with Crippen LogP contribution in [0.1, 0.15) is 27.3 Å². The fourth-order valence-electron chi connectivity index (χ4n) is 2.21. The zero-order chi connectivity index (χ0) is 16.4. The van der Waals surface area contributed by atoms with E-state index in [4.69, 9.17) is 5.73 Å². The first-order valence-electron chi connectivity index (χ1n) is 6.92. The highest BCUT2D eigenvalue weighted by Crippen LogP contribution is 2.39. The summed E-state index contributed by atoms with van der Waals surface area (Å²) in [6.07, 6.45) is 3.60. The van der Waals surface area contributed by atoms with Crippen LogP contribution in [0.2, 0.25) is 0 Å². The highest BCUT2D eigenvalue weighted by atomic mass is 32.1. The molecule has 2 aromatic rings. The molecule has 1 aliphatic heterocycles. The second kappa shape index (κ2) is 6.09. The van der Waals surface area contributed by atoms with Crippen molar-refractivity contribution < 1.29 is 14.4 Å². The van der Waals surface area contributed by atoms with Gasteiger partial charge in [-0.25, -0.2) is 0 Å². The van der Waals surface area contributed by atoms with E-state index in [9.17, 15) is 14.4 Å². The maximum atomic E-state index is 12.0. The summed E-state index contributed by atoms with van der Waals surface area (Å²) in [6.45, 7) is 0.189. The molecule has 0 saturated carbocycles. The predicted molar refractivity (Wildman–Crippen MR) is 87.8 cm³/mol. The smallest absolute Gasteiger partial charge is 0.261 e. The highest BCUT2D eigenvalue weighted by Gasteiger charge is 2.28. The zero-order valence-electron chi connectivity index (χ0n) is 12.0. The van der Waals surface area contributed by atoms with Crippen molar-refractivity contribution in [3.8, 4) is 0 Å². The average Bonchev–Trinajstić information content (AvgIpc) is 3.18. The first-order valence-corrected chi connectivity index (χ1v) is 7.73. The van der Waals surface area contributed by atoms with Crippen molar-refractivity contribution in [3.05, 3.63) is 40.5 Å². The molecule has 0 aliphatic carbocycles. The van der Waals surface area contributed by atoms with Gasteiger partial charge in [0.2, 0.25) is 5.91 Å². The summed E-state index contributed by atoms with van der Waals surface area (Å²) in [7, 11) is 0. The SMILES string of the molecule is NC(=O)CCNC(=O)c1cc2c(s1)NC(=O)/C2=C\c1ccc[nH]1. The largest absolute Gasteiger partial charge is 0.370 e. The van der Waals surface area contributed by atoms with Gasteiger partial charge in [0.1, 0.15) is 5.00 Å². The fourth-order valence-corrected chi connectivity index (χ4v) is 3.19. The minimum Gasteiger partial charge on any atom is -0.370 e. The number of nitrogens with two attached hydrogens (primary N) is 1. The third-order valence-corrected chi connectivity index (χ3v) is 4.35. The Labute approximate surface area is 135 Å². The summed E-state index contributed by atoms with van der Waals surface area (Å²) in [5.74, 6) is -0.955. The molecule has 0 radical (unpaired) electrons. The van der Waals surface area contributed by atoms with Gasteiger partial charge in [-0.3, -0.25) is 14.4 Å². The molecule has 0 bridgehead atoms. The van der Waals surface area contributed by atoms with Crippen LogP contribution in [-0.2, 0) is 9.59 Å². The third kappa shape index (κ3) is 3.16. The van der Waals surface area contributed by atoms with Crippen LogP contribution in [0.5, 0.6) is 0 Å². The number of aromatic nitrogens is 1. The van der Waals surface area contributed by atoms with E-state index in [1.165, 1.54) is 11.3 Å². The number of primary amides is 1. The van der Waals surface area contributed by atoms with Crippen molar-refractivity contribution in [1.29, 1.82) is 0 Å². The molecule has 3 heterocycles. The molecular formula is C15H14N4O3S. The maximum absolute atomic E-state index is 12.0. The Balaban J connectivity index is 1.79. The van der Waals surface area contributed by atoms with Crippen LogP contribution >= 0.6 is 11.3 Å². The Kier molecular flexibility index (Phi) is 3.98. The second-order valence-electron chi connectivity index (χ2n) is 4.96. The molecule has 0 spiro atoms. The lowest BCUT2D eigenvalue weighted by molar-refractivity contribution is -0.117. The maximum Gasteiger partial charge on any atom is 0.261 e. The van der Waals surface area contributed by atoms with Crippen molar-refractivity contribution in [3.63, 3.8) is 0 Å². The van der Waals surface area contributed by atoms with Gasteiger partial charge in [-0.05, 0) is 24.3 Å². The van der Waals surface area contributed by atoms with Crippen LogP contribution in [0.3, 0.4) is 0 Å². The number of hydrogen-bond acceptors (Lipinski definition) is 4. The number of amides is 3. The van der Waals surface area contributed by atoms with Crippen LogP contribution in [-0.4, -0.2) is 29.3 Å². The lowest BCUT2D eigenvalue weighted by Gasteiger charge is -2.01. The van der Waals surface area contributed by atoms with Crippen molar-refractivity contribution in [2.75, 3.05) is 11.9 Å². The van der Waals surface area contributed by atoms with Gasteiger partial charge in [0.05, 0.1) is 10.5 Å². The first kappa shape index (κ1) is 15.0. The van der Waals surface area contributed by atoms with Gasteiger partial charge in [0.25, 0.3) is 11.8 Å². The van der Waals surface area contributed by atoms with E-state index in [-0.39, 0.29) is 24.8 Å². The number of nitrogens with one attached hydrogen (secondary N) is 3. The number of carbonyl (C=O) groups is 3. The summed E-state index contributed by atoms with van der Waals surface area (Å²) in [6, 6.07) is 5.36. The summed E-state index contributed by atoms with van der Waals surface area (Å²) in [4.78, 5) is 38.2. The summed E-state index contributed by atoms with van der Waals surface area (Å²) >= 11 is 1.20. The zero-order valence-corrected chi connectivity index (χ0v) is 12.8. The topological polar surface area (TPSA) is 117 Å². The van der Waals surface area contributed by atoms with E-state index in [0.717, 1.165) is 5.69 Å². The van der Waals surface area contributed by atoms with Crippen LogP contribution < -0.4 is 16.4 Å². The Morgan fingerprint density at radius 2 is 2.22 bits per heavy atom. The molecule has 0 aromatic carbocycles. The molecule has 3 rings (SSSR count). The number of hydrogen-bond donors (Lipinski definition) is 4. The Morgan fingerprint density at radius 1 is 1.39 bits per heavy atom. The van der Waals surface area contributed by atoms with Crippen LogP contribution in [0, 0.1) is 0 Å². The monoisotopic (exact) mass is 330 g/mol. The van der Waals surface area contributed by atoms with Crippen LogP contribution in [0.25, 0.3) is 11.6 Å². The summed E-state index contributed by atoms with van der Waals surface area (Å²) in [5.41, 5.74) is 7.05. The molecule has 2 aromatic heterocycles. The van der Waals surface area contributed by atoms with Crippen LogP contribution in [0.15, 0.2) is 24.4 Å². The van der Waals surface area contributed by atoms with Crippen LogP contribution in [0.4, 0.5) is 5.00 Å². The van der Waals surface area contributed by atoms with E-state index >= 15 is 0 Å². The lowest BCUT2D eigenvalue weighted by atomic mass is 10.1. The molecule has 118 valence electrons. The van der Waals surface area contributed by atoms with Gasteiger partial charge >= 0.3 is 0 Å². The van der Waals surface area contributed by atoms with Gasteiger partial charge in [0.15, 0.2) is 0 Å². The van der Waals surface area contributed by atoms with Gasteiger partial charge in [-0.2, -0.15) is 0 Å². The molecule has 0 atom stereocenters. The number of fused-ring (bicyclic) bond motifs is 1. The van der Waals surface area contributed by atoms with E-state index in [1.807, 2.05) is 12.1 Å². The molecule has 23 heavy (non-hydrogen) atoms. The molecule has 8 heteroatoms. The second-order valence-corrected chi connectivity index (χ2v) is 6.02. The third-order valence-electron chi connectivity index (χ3n) is 3.30. The molecule has 0 unspecified atom stereocenters. The van der Waals surface area contributed by atoms with Gasteiger partial charge in [0, 0.05) is 30.4 Å². The summed E-state index contributed by atoms with van der Waals surface area (Å²) < 4.78 is 0. The Morgan fingerprint density at radius 3 is 2.91 bits per heavy atom. The van der Waals surface area contributed by atoms with Gasteiger partial charge < -0.3 is 21.4 Å². The van der Waals surface area contributed by atoms with Crippen molar-refractivity contribution >= 4 is 45.7 Å². The quantitative estimate of drug-likeness (QED) is 0.616. The normalized spacial score (nSPS) is 14.6. The fraction of sp³-hybridized carbons (Fsp3) is 0.133. The van der Waals surface area contributed by atoms with Gasteiger partial charge in [-0.1, -0.05) is 0 Å². The van der Waals surface area contributed by atoms with Crippen molar-refractivity contribution in [2.24, 2.45) is 5.73 Å². The number of thiophene rings is 1. The molecule has 5 N–H and O–H groups in total. The molecule has 0 fully saturated rings. The Bertz CT molecular complexity index is 805. The Hall–Kier alpha value is -2.87. The van der Waals surface area contributed by atoms with Crippen molar-refractivity contribution in [2.45, 2.75) is 6.42 Å². The van der Waals surface area contributed by atoms with Gasteiger partial charge in [-0.15, -0.1) is 11.3 Å². The standard InChI is InChI=1S/C15H14N4O3S/c16-12(20)3-5-18-14(22)11-7-10-9(6-8-2-1-4-17-8)13(21)19-15(10)23-11/h1-2,4,6-7,17H,3,5H2,(H2,16,20)(H,18,22)(H,19,21)/b9-6-. The molecule has 3 amide bonds. The minimum atomic E-state index is -0.470. The number of rotatable bonds is 5. The van der Waals surface area contributed by atoms with E-state index in [2.05, 4.69) is 15.6 Å². The summed E-state index contributed by atoms with van der Waals surface area (Å²) in [5, 5.41) is 6.02. The number of H-pyrrole nitrogens is 1. The molecule has 7 nitrogen and oxygen atoms in total. The van der Waals surface area contributed by atoms with Crippen molar-refractivity contribution in [1.82, 2.24) is 10.3 Å². The molecule has 1 aliphatic rings. The van der Waals surface area contributed by atoms with E-state index in [1.54, 1.807) is 18.3 Å². The van der Waals surface area contributed by atoms with E-state index < -0.39 is 5.91 Å².